The molecular formula is C8H12N2O3. The number of carbonyl (C=O) groups excluding carboxylic acids is 2. The Balaban J connectivity index is 2.59. The molecule has 1 aliphatic rings. The molecule has 0 spiro atoms. The molecule has 0 aromatic rings. The van der Waals surface area contributed by atoms with Gasteiger partial charge in [0.05, 0.1) is 6.61 Å². The Kier molecular flexibility index (Phi) is 3.02. The second kappa shape index (κ2) is 4.04. The normalized spacial score (nSPS) is 16.5. The zero-order valence-electron chi connectivity index (χ0n) is 7.27. The van der Waals surface area contributed by atoms with Crippen molar-refractivity contribution in [2.24, 2.45) is 0 Å². The fraction of sp³-hybridized carbons (Fsp3) is 0.500. The largest absolute Gasteiger partial charge is 0.395 e. The molecule has 0 radical (unpaired) electrons. The van der Waals surface area contributed by atoms with Crippen LogP contribution in [0.2, 0.25) is 0 Å². The summed E-state index contributed by atoms with van der Waals surface area (Å²) in [4.78, 5) is 25.0. The number of rotatable bonds is 3. The first kappa shape index (κ1) is 9.73. The Labute approximate surface area is 76.2 Å². The predicted molar refractivity (Wildman–Crippen MR) is 46.0 cm³/mol. The van der Waals surface area contributed by atoms with Gasteiger partial charge in [-0.1, -0.05) is 6.58 Å². The van der Waals surface area contributed by atoms with E-state index in [9.17, 15) is 9.59 Å². The summed E-state index contributed by atoms with van der Waals surface area (Å²) < 4.78 is 0. The van der Waals surface area contributed by atoms with Gasteiger partial charge < -0.3 is 10.0 Å². The lowest BCUT2D eigenvalue weighted by Gasteiger charge is -2.14. The number of imide groups is 1. The van der Waals surface area contributed by atoms with Gasteiger partial charge in [0.2, 0.25) is 0 Å². The van der Waals surface area contributed by atoms with Crippen molar-refractivity contribution < 1.29 is 14.7 Å². The molecule has 5 nitrogen and oxygen atoms in total. The van der Waals surface area contributed by atoms with Gasteiger partial charge >= 0.3 is 6.03 Å². The molecule has 1 rings (SSSR count). The fourth-order valence-corrected chi connectivity index (χ4v) is 1.23. The van der Waals surface area contributed by atoms with E-state index in [0.717, 1.165) is 11.0 Å². The minimum Gasteiger partial charge on any atom is -0.395 e. The van der Waals surface area contributed by atoms with Crippen LogP contribution in [-0.2, 0) is 4.79 Å². The number of nitrogens with zero attached hydrogens (tertiary/aromatic N) is 2. The third kappa shape index (κ3) is 1.86. The van der Waals surface area contributed by atoms with Gasteiger partial charge in [0.15, 0.2) is 0 Å². The minimum absolute atomic E-state index is 0.0815. The number of aliphatic hydroxyl groups is 1. The highest BCUT2D eigenvalue weighted by Gasteiger charge is 2.30. The van der Waals surface area contributed by atoms with Crippen LogP contribution >= 0.6 is 0 Å². The maximum atomic E-state index is 11.4. The summed E-state index contributed by atoms with van der Waals surface area (Å²) >= 11 is 0. The second-order valence-corrected chi connectivity index (χ2v) is 2.69. The lowest BCUT2D eigenvalue weighted by Crippen LogP contribution is -2.36. The van der Waals surface area contributed by atoms with Crippen LogP contribution in [0, 0.1) is 0 Å². The molecule has 0 aliphatic carbocycles. The summed E-state index contributed by atoms with van der Waals surface area (Å²) in [5.41, 5.74) is 0. The Morgan fingerprint density at radius 2 is 2.31 bits per heavy atom. The third-order valence-electron chi connectivity index (χ3n) is 1.91. The van der Waals surface area contributed by atoms with Crippen molar-refractivity contribution in [3.63, 3.8) is 0 Å². The molecule has 0 bridgehead atoms. The van der Waals surface area contributed by atoms with Gasteiger partial charge in [-0.3, -0.25) is 9.69 Å². The Morgan fingerprint density at radius 1 is 1.62 bits per heavy atom. The first-order valence-corrected chi connectivity index (χ1v) is 4.04. The van der Waals surface area contributed by atoms with E-state index >= 15 is 0 Å². The van der Waals surface area contributed by atoms with Gasteiger partial charge in [-0.05, 0) is 6.08 Å². The van der Waals surface area contributed by atoms with E-state index in [1.165, 1.54) is 4.90 Å². The number of carbonyl (C=O) groups is 2. The molecular weight excluding hydrogens is 172 g/mol. The zero-order valence-corrected chi connectivity index (χ0v) is 7.27. The van der Waals surface area contributed by atoms with Crippen molar-refractivity contribution in [1.82, 2.24) is 9.80 Å². The van der Waals surface area contributed by atoms with Crippen LogP contribution in [0.15, 0.2) is 12.7 Å². The third-order valence-corrected chi connectivity index (χ3v) is 1.91. The highest BCUT2D eigenvalue weighted by molar-refractivity contribution is 6.01. The number of amides is 3. The molecule has 3 amide bonds. The molecule has 1 aliphatic heterocycles. The molecule has 0 unspecified atom stereocenters. The summed E-state index contributed by atoms with van der Waals surface area (Å²) in [7, 11) is 0. The highest BCUT2D eigenvalue weighted by Crippen LogP contribution is 2.08. The SMILES string of the molecule is C=CC(=O)N1CCN(CCO)C1=O. The van der Waals surface area contributed by atoms with Crippen LogP contribution in [0.25, 0.3) is 0 Å². The first-order valence-electron chi connectivity index (χ1n) is 4.04. The zero-order chi connectivity index (χ0) is 9.84. The van der Waals surface area contributed by atoms with Crippen molar-refractivity contribution in [2.75, 3.05) is 26.2 Å². The maximum Gasteiger partial charge on any atom is 0.327 e. The van der Waals surface area contributed by atoms with E-state index in [1.54, 1.807) is 0 Å². The van der Waals surface area contributed by atoms with E-state index in [0.29, 0.717) is 13.1 Å². The molecule has 0 saturated carbocycles. The quantitative estimate of drug-likeness (QED) is 0.597. The summed E-state index contributed by atoms with van der Waals surface area (Å²) in [5.74, 6) is -0.384. The molecule has 1 N–H and O–H groups in total. The lowest BCUT2D eigenvalue weighted by molar-refractivity contribution is -0.122. The lowest BCUT2D eigenvalue weighted by atomic mass is 10.5. The minimum atomic E-state index is -0.384. The van der Waals surface area contributed by atoms with Crippen molar-refractivity contribution in [3.05, 3.63) is 12.7 Å². The number of urea groups is 1. The number of β-amino-alcohol motifs (C(OH)–C–C–N with tert-alkyl or cyclic N) is 1. The first-order chi connectivity index (χ1) is 6.20. The van der Waals surface area contributed by atoms with Crippen molar-refractivity contribution in [2.45, 2.75) is 0 Å². The van der Waals surface area contributed by atoms with Crippen molar-refractivity contribution in [1.29, 1.82) is 0 Å². The van der Waals surface area contributed by atoms with Crippen LogP contribution in [-0.4, -0.2) is 53.1 Å². The molecule has 1 saturated heterocycles. The number of hydrogen-bond donors (Lipinski definition) is 1. The topological polar surface area (TPSA) is 60.9 Å². The van der Waals surface area contributed by atoms with Crippen LogP contribution in [0.4, 0.5) is 4.79 Å². The summed E-state index contributed by atoms with van der Waals surface area (Å²) in [5, 5.41) is 8.61. The predicted octanol–water partition coefficient (Wildman–Crippen LogP) is -0.571. The maximum absolute atomic E-state index is 11.4. The van der Waals surface area contributed by atoms with Gasteiger partial charge in [-0.25, -0.2) is 4.79 Å². The molecule has 5 heteroatoms. The fourth-order valence-electron chi connectivity index (χ4n) is 1.23. The smallest absolute Gasteiger partial charge is 0.327 e. The van der Waals surface area contributed by atoms with Crippen molar-refractivity contribution >= 4 is 11.9 Å². The standard InChI is InChI=1S/C8H12N2O3/c1-2-7(12)10-4-3-9(5-6-11)8(10)13/h2,11H,1,3-6H2. The molecule has 0 atom stereocenters. The summed E-state index contributed by atoms with van der Waals surface area (Å²) in [6.45, 7) is 4.36. The average molecular weight is 184 g/mol. The van der Waals surface area contributed by atoms with E-state index in [-0.39, 0.29) is 25.1 Å². The Morgan fingerprint density at radius 3 is 2.85 bits per heavy atom. The van der Waals surface area contributed by atoms with Gasteiger partial charge in [0, 0.05) is 19.6 Å². The summed E-state index contributed by atoms with van der Waals surface area (Å²) in [6.07, 6.45) is 1.11. The van der Waals surface area contributed by atoms with Gasteiger partial charge in [-0.15, -0.1) is 0 Å². The van der Waals surface area contributed by atoms with Gasteiger partial charge in [-0.2, -0.15) is 0 Å². The van der Waals surface area contributed by atoms with Crippen LogP contribution in [0.5, 0.6) is 0 Å². The van der Waals surface area contributed by atoms with Gasteiger partial charge in [0.1, 0.15) is 0 Å². The second-order valence-electron chi connectivity index (χ2n) is 2.69. The van der Waals surface area contributed by atoms with E-state index < -0.39 is 0 Å². The molecule has 13 heavy (non-hydrogen) atoms. The number of hydrogen-bond acceptors (Lipinski definition) is 3. The molecule has 1 heterocycles. The van der Waals surface area contributed by atoms with Crippen LogP contribution in [0.3, 0.4) is 0 Å². The van der Waals surface area contributed by atoms with E-state index in [4.69, 9.17) is 5.11 Å². The number of aliphatic hydroxyl groups excluding tert-OH is 1. The molecule has 1 fully saturated rings. The van der Waals surface area contributed by atoms with E-state index in [1.807, 2.05) is 0 Å². The molecule has 0 aromatic heterocycles. The Bertz CT molecular complexity index is 240. The van der Waals surface area contributed by atoms with E-state index in [2.05, 4.69) is 6.58 Å². The molecule has 72 valence electrons. The monoisotopic (exact) mass is 184 g/mol. The van der Waals surface area contributed by atoms with Gasteiger partial charge in [0.25, 0.3) is 5.91 Å². The van der Waals surface area contributed by atoms with Crippen LogP contribution < -0.4 is 0 Å². The van der Waals surface area contributed by atoms with Crippen LogP contribution in [0.1, 0.15) is 0 Å². The summed E-state index contributed by atoms with van der Waals surface area (Å²) in [6, 6.07) is -0.348. The highest BCUT2D eigenvalue weighted by atomic mass is 16.3. The van der Waals surface area contributed by atoms with Crippen molar-refractivity contribution in [3.8, 4) is 0 Å². The average Bonchev–Trinajstić information content (AvgIpc) is 2.48. The Hall–Kier alpha value is -1.36. The molecule has 0 aromatic carbocycles.